The standard InChI is InChI=1S/C12H24N2/c1-3-13-7-5-12(6-8-13)14-9-4-11(2)10-14/h11-12H,3-10H2,1-2H3/t11-/m0/s1. The fourth-order valence-electron chi connectivity index (χ4n) is 2.90. The normalized spacial score (nSPS) is 32.6. The molecule has 0 saturated carbocycles. The summed E-state index contributed by atoms with van der Waals surface area (Å²) in [4.78, 5) is 5.31. The molecule has 0 aromatic carbocycles. The van der Waals surface area contributed by atoms with Gasteiger partial charge in [-0.1, -0.05) is 13.8 Å². The Morgan fingerprint density at radius 3 is 2.29 bits per heavy atom. The van der Waals surface area contributed by atoms with Crippen LogP contribution in [0.15, 0.2) is 0 Å². The second kappa shape index (κ2) is 4.63. The molecule has 1 atom stereocenters. The molecule has 14 heavy (non-hydrogen) atoms. The lowest BCUT2D eigenvalue weighted by Gasteiger charge is -2.36. The summed E-state index contributed by atoms with van der Waals surface area (Å²) in [5.41, 5.74) is 0. The van der Waals surface area contributed by atoms with E-state index in [4.69, 9.17) is 0 Å². The van der Waals surface area contributed by atoms with E-state index in [1.54, 1.807) is 0 Å². The molecule has 2 heterocycles. The van der Waals surface area contributed by atoms with E-state index in [0.29, 0.717) is 0 Å². The van der Waals surface area contributed by atoms with Gasteiger partial charge in [-0.05, 0) is 51.4 Å². The molecule has 0 aromatic heterocycles. The minimum atomic E-state index is 0.905. The van der Waals surface area contributed by atoms with E-state index in [9.17, 15) is 0 Å². The molecule has 0 N–H and O–H groups in total. The van der Waals surface area contributed by atoms with Gasteiger partial charge in [0.15, 0.2) is 0 Å². The second-order valence-electron chi connectivity index (χ2n) is 5.05. The van der Waals surface area contributed by atoms with Crippen molar-refractivity contribution in [1.29, 1.82) is 0 Å². The molecule has 0 radical (unpaired) electrons. The van der Waals surface area contributed by atoms with Crippen molar-refractivity contribution in [1.82, 2.24) is 9.80 Å². The number of rotatable bonds is 2. The van der Waals surface area contributed by atoms with E-state index in [2.05, 4.69) is 23.6 Å². The maximum atomic E-state index is 2.73. The smallest absolute Gasteiger partial charge is 0.0120 e. The predicted molar refractivity (Wildman–Crippen MR) is 60.5 cm³/mol. The third kappa shape index (κ3) is 2.29. The molecular formula is C12H24N2. The summed E-state index contributed by atoms with van der Waals surface area (Å²) in [5, 5.41) is 0. The summed E-state index contributed by atoms with van der Waals surface area (Å²) in [6.45, 7) is 11.3. The van der Waals surface area contributed by atoms with Crippen LogP contribution in [0.5, 0.6) is 0 Å². The van der Waals surface area contributed by atoms with Gasteiger partial charge >= 0.3 is 0 Å². The lowest BCUT2D eigenvalue weighted by molar-refractivity contribution is 0.128. The topological polar surface area (TPSA) is 6.48 Å². The fourth-order valence-corrected chi connectivity index (χ4v) is 2.90. The van der Waals surface area contributed by atoms with E-state index < -0.39 is 0 Å². The monoisotopic (exact) mass is 196 g/mol. The Morgan fingerprint density at radius 1 is 1.07 bits per heavy atom. The van der Waals surface area contributed by atoms with Crippen LogP contribution < -0.4 is 0 Å². The maximum Gasteiger partial charge on any atom is 0.0120 e. The highest BCUT2D eigenvalue weighted by Crippen LogP contribution is 2.23. The third-order valence-electron chi connectivity index (χ3n) is 3.98. The minimum Gasteiger partial charge on any atom is -0.303 e. The van der Waals surface area contributed by atoms with Gasteiger partial charge in [0.25, 0.3) is 0 Å². The highest BCUT2D eigenvalue weighted by molar-refractivity contribution is 4.83. The maximum absolute atomic E-state index is 2.73. The SMILES string of the molecule is CCN1CCC(N2CC[C@H](C)C2)CC1. The summed E-state index contributed by atoms with van der Waals surface area (Å²) in [5.74, 6) is 0.944. The fraction of sp³-hybridized carbons (Fsp3) is 1.00. The second-order valence-corrected chi connectivity index (χ2v) is 5.05. The molecule has 2 saturated heterocycles. The summed E-state index contributed by atoms with van der Waals surface area (Å²) in [6.07, 6.45) is 4.23. The number of nitrogens with zero attached hydrogens (tertiary/aromatic N) is 2. The average Bonchev–Trinajstić information content (AvgIpc) is 2.65. The zero-order chi connectivity index (χ0) is 9.97. The first kappa shape index (κ1) is 10.4. The van der Waals surface area contributed by atoms with Gasteiger partial charge in [-0.3, -0.25) is 0 Å². The molecule has 0 aliphatic carbocycles. The van der Waals surface area contributed by atoms with Gasteiger partial charge < -0.3 is 9.80 Å². The summed E-state index contributed by atoms with van der Waals surface area (Å²) >= 11 is 0. The molecule has 0 bridgehead atoms. The highest BCUT2D eigenvalue weighted by Gasteiger charge is 2.28. The van der Waals surface area contributed by atoms with Crippen LogP contribution in [0.4, 0.5) is 0 Å². The van der Waals surface area contributed by atoms with Crippen molar-refractivity contribution in [2.75, 3.05) is 32.7 Å². The van der Waals surface area contributed by atoms with Crippen LogP contribution in [-0.2, 0) is 0 Å². The zero-order valence-corrected chi connectivity index (χ0v) is 9.71. The van der Waals surface area contributed by atoms with Crippen molar-refractivity contribution in [2.24, 2.45) is 5.92 Å². The van der Waals surface area contributed by atoms with E-state index in [1.165, 1.54) is 52.0 Å². The van der Waals surface area contributed by atoms with E-state index in [0.717, 1.165) is 12.0 Å². The first-order chi connectivity index (χ1) is 6.79. The third-order valence-corrected chi connectivity index (χ3v) is 3.98. The van der Waals surface area contributed by atoms with Gasteiger partial charge in [-0.25, -0.2) is 0 Å². The number of hydrogen-bond acceptors (Lipinski definition) is 2. The van der Waals surface area contributed by atoms with Crippen LogP contribution in [0.1, 0.15) is 33.1 Å². The van der Waals surface area contributed by atoms with Crippen LogP contribution in [0.3, 0.4) is 0 Å². The molecule has 82 valence electrons. The first-order valence-corrected chi connectivity index (χ1v) is 6.26. The molecule has 0 amide bonds. The van der Waals surface area contributed by atoms with E-state index >= 15 is 0 Å². The molecule has 0 aromatic rings. The van der Waals surface area contributed by atoms with Crippen molar-refractivity contribution in [3.05, 3.63) is 0 Å². The Labute approximate surface area is 88.3 Å². The van der Waals surface area contributed by atoms with Crippen LogP contribution in [0.25, 0.3) is 0 Å². The molecule has 2 aliphatic heterocycles. The van der Waals surface area contributed by atoms with Crippen molar-refractivity contribution in [3.8, 4) is 0 Å². The van der Waals surface area contributed by atoms with Crippen molar-refractivity contribution in [2.45, 2.75) is 39.2 Å². The Balaban J connectivity index is 1.78. The quantitative estimate of drug-likeness (QED) is 0.664. The first-order valence-electron chi connectivity index (χ1n) is 6.26. The van der Waals surface area contributed by atoms with Gasteiger partial charge in [0.2, 0.25) is 0 Å². The summed E-state index contributed by atoms with van der Waals surface area (Å²) in [6, 6.07) is 0.905. The number of hydrogen-bond donors (Lipinski definition) is 0. The van der Waals surface area contributed by atoms with Gasteiger partial charge in [-0.2, -0.15) is 0 Å². The van der Waals surface area contributed by atoms with Crippen molar-refractivity contribution >= 4 is 0 Å². The number of piperidine rings is 1. The average molecular weight is 196 g/mol. The molecule has 2 aliphatic rings. The van der Waals surface area contributed by atoms with Crippen molar-refractivity contribution < 1.29 is 0 Å². The molecule has 2 nitrogen and oxygen atoms in total. The molecule has 2 heteroatoms. The highest BCUT2D eigenvalue weighted by atomic mass is 15.2. The summed E-state index contributed by atoms with van der Waals surface area (Å²) in [7, 11) is 0. The zero-order valence-electron chi connectivity index (χ0n) is 9.71. The van der Waals surface area contributed by atoms with Crippen molar-refractivity contribution in [3.63, 3.8) is 0 Å². The molecule has 2 fully saturated rings. The molecular weight excluding hydrogens is 172 g/mol. The van der Waals surface area contributed by atoms with E-state index in [1.807, 2.05) is 0 Å². The Hall–Kier alpha value is -0.0800. The van der Waals surface area contributed by atoms with Crippen LogP contribution in [0.2, 0.25) is 0 Å². The summed E-state index contributed by atoms with van der Waals surface area (Å²) < 4.78 is 0. The Morgan fingerprint density at radius 2 is 1.79 bits per heavy atom. The van der Waals surface area contributed by atoms with Crippen LogP contribution in [0, 0.1) is 5.92 Å². The molecule has 0 spiro atoms. The van der Waals surface area contributed by atoms with Gasteiger partial charge in [-0.15, -0.1) is 0 Å². The van der Waals surface area contributed by atoms with Gasteiger partial charge in [0, 0.05) is 12.6 Å². The van der Waals surface area contributed by atoms with Crippen LogP contribution >= 0.6 is 0 Å². The van der Waals surface area contributed by atoms with Gasteiger partial charge in [0.05, 0.1) is 0 Å². The lowest BCUT2D eigenvalue weighted by Crippen LogP contribution is -2.43. The van der Waals surface area contributed by atoms with Gasteiger partial charge in [0.1, 0.15) is 0 Å². The Kier molecular flexibility index (Phi) is 3.45. The minimum absolute atomic E-state index is 0.905. The number of likely N-dealkylation sites (tertiary alicyclic amines) is 2. The van der Waals surface area contributed by atoms with Crippen LogP contribution in [-0.4, -0.2) is 48.6 Å². The largest absolute Gasteiger partial charge is 0.303 e. The molecule has 2 rings (SSSR count). The lowest BCUT2D eigenvalue weighted by atomic mass is 10.0. The predicted octanol–water partition coefficient (Wildman–Crippen LogP) is 1.81. The molecule has 0 unspecified atom stereocenters. The Bertz CT molecular complexity index is 173. The van der Waals surface area contributed by atoms with E-state index in [-0.39, 0.29) is 0 Å².